The average Bonchev–Trinajstić information content (AvgIpc) is 2.79. The van der Waals surface area contributed by atoms with Crippen molar-refractivity contribution in [1.82, 2.24) is 20.1 Å². The molecule has 0 saturated carbocycles. The highest BCUT2D eigenvalue weighted by molar-refractivity contribution is 8.00. The zero-order valence-corrected chi connectivity index (χ0v) is 13.3. The molecule has 22 heavy (non-hydrogen) atoms. The summed E-state index contributed by atoms with van der Waals surface area (Å²) in [6.07, 6.45) is 0. The van der Waals surface area contributed by atoms with Crippen LogP contribution >= 0.6 is 11.8 Å². The van der Waals surface area contributed by atoms with E-state index in [1.165, 1.54) is 11.8 Å². The fourth-order valence-corrected chi connectivity index (χ4v) is 2.83. The molecule has 1 unspecified atom stereocenters. The third kappa shape index (κ3) is 3.64. The molecule has 8 heteroatoms. The quantitative estimate of drug-likeness (QED) is 0.832. The Hall–Kier alpha value is -2.35. The van der Waals surface area contributed by atoms with Gasteiger partial charge in [-0.2, -0.15) is 0 Å². The minimum Gasteiger partial charge on any atom is -0.351 e. The Kier molecular flexibility index (Phi) is 4.81. The van der Waals surface area contributed by atoms with Crippen LogP contribution in [0.1, 0.15) is 18.3 Å². The lowest BCUT2D eigenvalue weighted by Crippen LogP contribution is -2.39. The van der Waals surface area contributed by atoms with Crippen LogP contribution in [0.25, 0.3) is 5.69 Å². The van der Waals surface area contributed by atoms with Crippen molar-refractivity contribution in [2.24, 2.45) is 5.73 Å². The van der Waals surface area contributed by atoms with Gasteiger partial charge < -0.3 is 5.73 Å². The zero-order chi connectivity index (χ0) is 16.3. The van der Waals surface area contributed by atoms with Crippen LogP contribution in [0.5, 0.6) is 0 Å². The molecular formula is C14H17N5O2S. The molecule has 1 atom stereocenters. The van der Waals surface area contributed by atoms with E-state index in [4.69, 9.17) is 5.73 Å². The van der Waals surface area contributed by atoms with Gasteiger partial charge in [0, 0.05) is 5.69 Å². The molecule has 1 heterocycles. The second-order valence-corrected chi connectivity index (χ2v) is 6.13. The molecule has 1 aromatic heterocycles. The Morgan fingerprint density at radius 1 is 1.32 bits per heavy atom. The molecule has 3 N–H and O–H groups in total. The summed E-state index contributed by atoms with van der Waals surface area (Å²) in [5.41, 5.74) is 6.99. The van der Waals surface area contributed by atoms with E-state index in [0.717, 1.165) is 17.1 Å². The van der Waals surface area contributed by atoms with Gasteiger partial charge >= 0.3 is 6.03 Å². The van der Waals surface area contributed by atoms with E-state index in [1.54, 1.807) is 6.92 Å². The largest absolute Gasteiger partial charge is 0.351 e. The lowest BCUT2D eigenvalue weighted by molar-refractivity contribution is -0.119. The minimum atomic E-state index is -0.867. The van der Waals surface area contributed by atoms with E-state index >= 15 is 0 Å². The van der Waals surface area contributed by atoms with Crippen molar-refractivity contribution >= 4 is 23.7 Å². The molecule has 1 aromatic carbocycles. The summed E-state index contributed by atoms with van der Waals surface area (Å²) < 4.78 is 1.87. The van der Waals surface area contributed by atoms with Crippen molar-refractivity contribution in [2.45, 2.75) is 31.2 Å². The Bertz CT molecular complexity index is 713. The standard InChI is InChI=1S/C14H17N5O2S/c1-8-5-4-6-11(7-8)19-10(3)17-18-14(19)22-9(2)12(20)16-13(15)21/h4-7,9H,1-3H3,(H3,15,16,20,21). The predicted molar refractivity (Wildman–Crippen MR) is 83.9 cm³/mol. The van der Waals surface area contributed by atoms with E-state index in [2.05, 4.69) is 15.5 Å². The van der Waals surface area contributed by atoms with Crippen LogP contribution in [0, 0.1) is 13.8 Å². The van der Waals surface area contributed by atoms with Gasteiger partial charge in [-0.15, -0.1) is 10.2 Å². The summed E-state index contributed by atoms with van der Waals surface area (Å²) in [5, 5.41) is 10.3. The number of imide groups is 1. The minimum absolute atomic E-state index is 0.464. The highest BCUT2D eigenvalue weighted by Gasteiger charge is 2.20. The number of aromatic nitrogens is 3. The van der Waals surface area contributed by atoms with Crippen LogP contribution in [-0.4, -0.2) is 32.0 Å². The highest BCUT2D eigenvalue weighted by atomic mass is 32.2. The Morgan fingerprint density at radius 2 is 2.05 bits per heavy atom. The van der Waals surface area contributed by atoms with Crippen LogP contribution in [0.3, 0.4) is 0 Å². The number of nitrogens with one attached hydrogen (secondary N) is 1. The molecule has 2 aromatic rings. The number of nitrogens with two attached hydrogens (primary N) is 1. The topological polar surface area (TPSA) is 103 Å². The first-order chi connectivity index (χ1) is 10.4. The van der Waals surface area contributed by atoms with Gasteiger partial charge in [-0.05, 0) is 38.5 Å². The first-order valence-corrected chi connectivity index (χ1v) is 7.52. The van der Waals surface area contributed by atoms with E-state index in [1.807, 2.05) is 42.7 Å². The van der Waals surface area contributed by atoms with Crippen molar-refractivity contribution in [3.8, 4) is 5.69 Å². The molecule has 0 aliphatic rings. The summed E-state index contributed by atoms with van der Waals surface area (Å²) in [4.78, 5) is 22.5. The fraction of sp³-hybridized carbons (Fsp3) is 0.286. The smallest absolute Gasteiger partial charge is 0.318 e. The van der Waals surface area contributed by atoms with Crippen LogP contribution < -0.4 is 11.1 Å². The summed E-state index contributed by atoms with van der Waals surface area (Å²) in [7, 11) is 0. The number of aryl methyl sites for hydroxylation is 2. The molecule has 0 radical (unpaired) electrons. The van der Waals surface area contributed by atoms with Crippen LogP contribution in [0.15, 0.2) is 29.4 Å². The number of benzene rings is 1. The molecule has 0 bridgehead atoms. The molecule has 0 aliphatic heterocycles. The molecule has 2 rings (SSSR count). The summed E-state index contributed by atoms with van der Waals surface area (Å²) in [6.45, 7) is 5.51. The fourth-order valence-electron chi connectivity index (χ4n) is 1.92. The molecule has 3 amide bonds. The van der Waals surface area contributed by atoms with Gasteiger partial charge in [0.05, 0.1) is 5.25 Å². The van der Waals surface area contributed by atoms with Gasteiger partial charge in [0.1, 0.15) is 5.82 Å². The number of carbonyl (C=O) groups excluding carboxylic acids is 2. The first kappa shape index (κ1) is 16.0. The highest BCUT2D eigenvalue weighted by Crippen LogP contribution is 2.25. The third-order valence-corrected chi connectivity index (χ3v) is 4.00. The first-order valence-electron chi connectivity index (χ1n) is 6.64. The van der Waals surface area contributed by atoms with Gasteiger partial charge in [0.15, 0.2) is 5.16 Å². The maximum atomic E-state index is 11.8. The van der Waals surface area contributed by atoms with Gasteiger partial charge in [0.25, 0.3) is 0 Å². The predicted octanol–water partition coefficient (Wildman–Crippen LogP) is 1.56. The Labute approximate surface area is 132 Å². The zero-order valence-electron chi connectivity index (χ0n) is 12.5. The number of carbonyl (C=O) groups is 2. The van der Waals surface area contributed by atoms with Crippen LogP contribution in [0.4, 0.5) is 4.79 Å². The van der Waals surface area contributed by atoms with Crippen molar-refractivity contribution in [3.05, 3.63) is 35.7 Å². The third-order valence-electron chi connectivity index (χ3n) is 2.95. The van der Waals surface area contributed by atoms with Gasteiger partial charge in [0.2, 0.25) is 5.91 Å². The summed E-state index contributed by atoms with van der Waals surface area (Å²) in [5.74, 6) is 0.254. The number of hydrogen-bond donors (Lipinski definition) is 2. The van der Waals surface area contributed by atoms with E-state index in [9.17, 15) is 9.59 Å². The number of urea groups is 1. The van der Waals surface area contributed by atoms with Crippen molar-refractivity contribution in [2.75, 3.05) is 0 Å². The number of nitrogens with zero attached hydrogens (tertiary/aromatic N) is 3. The van der Waals surface area contributed by atoms with Gasteiger partial charge in [-0.25, -0.2) is 4.79 Å². The molecule has 0 saturated heterocycles. The Morgan fingerprint density at radius 3 is 2.68 bits per heavy atom. The number of amides is 3. The number of primary amides is 1. The second-order valence-electron chi connectivity index (χ2n) is 4.82. The number of rotatable bonds is 4. The molecule has 116 valence electrons. The lowest BCUT2D eigenvalue weighted by atomic mass is 10.2. The van der Waals surface area contributed by atoms with Gasteiger partial charge in [-0.3, -0.25) is 14.7 Å². The van der Waals surface area contributed by atoms with E-state index in [0.29, 0.717) is 5.16 Å². The number of thioether (sulfide) groups is 1. The van der Waals surface area contributed by atoms with E-state index < -0.39 is 17.2 Å². The lowest BCUT2D eigenvalue weighted by Gasteiger charge is -2.12. The van der Waals surface area contributed by atoms with Gasteiger partial charge in [-0.1, -0.05) is 23.9 Å². The molecular weight excluding hydrogens is 302 g/mol. The van der Waals surface area contributed by atoms with Crippen LogP contribution in [0.2, 0.25) is 0 Å². The van der Waals surface area contributed by atoms with E-state index in [-0.39, 0.29) is 0 Å². The molecule has 0 aliphatic carbocycles. The molecule has 7 nitrogen and oxygen atoms in total. The Balaban J connectivity index is 2.27. The second kappa shape index (κ2) is 6.61. The summed E-state index contributed by atoms with van der Waals surface area (Å²) >= 11 is 1.21. The summed E-state index contributed by atoms with van der Waals surface area (Å²) in [6, 6.07) is 7.03. The van der Waals surface area contributed by atoms with Crippen molar-refractivity contribution in [3.63, 3.8) is 0 Å². The molecule has 0 fully saturated rings. The maximum absolute atomic E-state index is 11.8. The normalized spacial score (nSPS) is 12.0. The monoisotopic (exact) mass is 319 g/mol. The maximum Gasteiger partial charge on any atom is 0.318 e. The van der Waals surface area contributed by atoms with Crippen LogP contribution in [-0.2, 0) is 4.79 Å². The van der Waals surface area contributed by atoms with Crippen molar-refractivity contribution in [1.29, 1.82) is 0 Å². The SMILES string of the molecule is Cc1cccc(-n2c(C)nnc2SC(C)C(=O)NC(N)=O)c1. The average molecular weight is 319 g/mol. The molecule has 0 spiro atoms. The van der Waals surface area contributed by atoms with Crippen molar-refractivity contribution < 1.29 is 9.59 Å². The number of hydrogen-bond acceptors (Lipinski definition) is 5.